The Morgan fingerprint density at radius 1 is 0.919 bits per heavy atom. The Morgan fingerprint density at radius 2 is 1.65 bits per heavy atom. The van der Waals surface area contributed by atoms with Gasteiger partial charge in [-0.15, -0.1) is 0 Å². The smallest absolute Gasteiger partial charge is 0.253 e. The molecule has 1 amide bonds. The molecule has 0 spiro atoms. The molecule has 0 aliphatic carbocycles. The molecule has 0 aliphatic heterocycles. The van der Waals surface area contributed by atoms with Crippen molar-refractivity contribution in [2.45, 2.75) is 38.9 Å². The predicted molar refractivity (Wildman–Crippen MR) is 154 cm³/mol. The summed E-state index contributed by atoms with van der Waals surface area (Å²) in [5.74, 6) is 0.641. The first-order chi connectivity index (χ1) is 17.5. The summed E-state index contributed by atoms with van der Waals surface area (Å²) in [5, 5.41) is 5.05. The second-order valence-electron chi connectivity index (χ2n) is 11.2. The molecule has 7 nitrogen and oxygen atoms in total. The molecule has 8 heteroatoms. The molecule has 4 aromatic rings. The maximum atomic E-state index is 12.9. The Bertz CT molecular complexity index is 1430. The molecule has 1 N–H and O–H groups in total. The van der Waals surface area contributed by atoms with Crippen molar-refractivity contribution in [2.75, 3.05) is 40.4 Å². The van der Waals surface area contributed by atoms with Crippen LogP contribution in [0.15, 0.2) is 48.5 Å². The van der Waals surface area contributed by atoms with E-state index in [2.05, 4.69) is 39.2 Å². The fraction of sp³-hybridized carbons (Fsp3) is 0.414. The number of aromatic nitrogens is 2. The van der Waals surface area contributed by atoms with Gasteiger partial charge in [-0.25, -0.2) is 9.97 Å². The number of carbonyl (C=O) groups excluding carboxylic acids is 1. The second-order valence-corrected chi connectivity index (χ2v) is 16.0. The van der Waals surface area contributed by atoms with Crippen LogP contribution in [0.1, 0.15) is 31.1 Å². The highest BCUT2D eigenvalue weighted by atomic mass is 28.4. The molecular formula is C29H38N4O3Si. The normalized spacial score (nSPS) is 12.5. The van der Waals surface area contributed by atoms with E-state index in [4.69, 9.17) is 19.1 Å². The lowest BCUT2D eigenvalue weighted by molar-refractivity contribution is 0.0952. The third-order valence-electron chi connectivity index (χ3n) is 7.15. The number of para-hydroxylation sites is 1. The van der Waals surface area contributed by atoms with E-state index in [-0.39, 0.29) is 10.9 Å². The molecule has 4 rings (SSSR count). The first-order valence-corrected chi connectivity index (χ1v) is 15.7. The van der Waals surface area contributed by atoms with Crippen LogP contribution in [0, 0.1) is 0 Å². The van der Waals surface area contributed by atoms with Crippen molar-refractivity contribution in [1.82, 2.24) is 20.2 Å². The van der Waals surface area contributed by atoms with Gasteiger partial charge < -0.3 is 19.4 Å². The van der Waals surface area contributed by atoms with Gasteiger partial charge in [0.1, 0.15) is 17.9 Å². The molecule has 0 saturated heterocycles. The number of likely N-dealkylation sites (N-methyl/N-ethyl adjacent to an activating group) is 1. The van der Waals surface area contributed by atoms with Gasteiger partial charge in [0, 0.05) is 23.9 Å². The highest BCUT2D eigenvalue weighted by molar-refractivity contribution is 6.74. The van der Waals surface area contributed by atoms with Gasteiger partial charge in [0.05, 0.1) is 28.7 Å². The third kappa shape index (κ3) is 5.92. The topological polar surface area (TPSA) is 76.6 Å². The minimum atomic E-state index is -1.82. The molecule has 0 saturated carbocycles. The summed E-state index contributed by atoms with van der Waals surface area (Å²) in [5.41, 5.74) is 3.35. The van der Waals surface area contributed by atoms with Gasteiger partial charge >= 0.3 is 0 Å². The van der Waals surface area contributed by atoms with Crippen molar-refractivity contribution in [3.8, 4) is 5.75 Å². The van der Waals surface area contributed by atoms with Crippen molar-refractivity contribution in [1.29, 1.82) is 0 Å². The lowest BCUT2D eigenvalue weighted by Crippen LogP contribution is -2.41. The van der Waals surface area contributed by atoms with Crippen LogP contribution in [-0.2, 0) is 4.43 Å². The molecule has 196 valence electrons. The van der Waals surface area contributed by atoms with E-state index < -0.39 is 8.32 Å². The van der Waals surface area contributed by atoms with E-state index in [0.717, 1.165) is 34.1 Å². The van der Waals surface area contributed by atoms with E-state index >= 15 is 0 Å². The number of benzene rings is 3. The first kappa shape index (κ1) is 27.0. The minimum absolute atomic E-state index is 0.146. The average Bonchev–Trinajstić information content (AvgIpc) is 2.84. The van der Waals surface area contributed by atoms with Gasteiger partial charge in [0.25, 0.3) is 5.91 Å². The van der Waals surface area contributed by atoms with Crippen LogP contribution in [0.3, 0.4) is 0 Å². The summed E-state index contributed by atoms with van der Waals surface area (Å²) in [4.78, 5) is 24.8. The number of nitrogens with zero attached hydrogens (tertiary/aromatic N) is 3. The molecule has 0 radical (unpaired) electrons. The summed E-state index contributed by atoms with van der Waals surface area (Å²) in [6, 6.07) is 15.5. The molecule has 0 unspecified atom stereocenters. The van der Waals surface area contributed by atoms with Crippen LogP contribution in [-0.4, -0.2) is 69.5 Å². The van der Waals surface area contributed by atoms with Gasteiger partial charge in [-0.05, 0) is 62.6 Å². The Balaban J connectivity index is 1.64. The molecule has 0 aliphatic rings. The zero-order chi connectivity index (χ0) is 26.8. The number of nitrogens with one attached hydrogen (secondary N) is 1. The minimum Gasteiger partial charge on any atom is -0.491 e. The molecule has 1 heterocycles. The Morgan fingerprint density at radius 3 is 2.38 bits per heavy atom. The van der Waals surface area contributed by atoms with E-state index in [9.17, 15) is 4.79 Å². The largest absolute Gasteiger partial charge is 0.491 e. The summed E-state index contributed by atoms with van der Waals surface area (Å²) in [6.45, 7) is 13.6. The zero-order valence-electron chi connectivity index (χ0n) is 23.0. The number of hydrogen-bond acceptors (Lipinski definition) is 6. The predicted octanol–water partition coefficient (Wildman–Crippen LogP) is 5.63. The molecule has 0 atom stereocenters. The van der Waals surface area contributed by atoms with Crippen LogP contribution in [0.2, 0.25) is 18.1 Å². The van der Waals surface area contributed by atoms with Gasteiger partial charge in [-0.3, -0.25) is 4.79 Å². The van der Waals surface area contributed by atoms with Crippen molar-refractivity contribution in [3.05, 3.63) is 54.1 Å². The lowest BCUT2D eigenvalue weighted by Gasteiger charge is -2.36. The number of amides is 1. The Hall–Kier alpha value is -3.07. The fourth-order valence-electron chi connectivity index (χ4n) is 3.95. The average molecular weight is 519 g/mol. The number of carbonyl (C=O) groups is 1. The molecule has 0 bridgehead atoms. The quantitative estimate of drug-likeness (QED) is 0.134. The lowest BCUT2D eigenvalue weighted by atomic mass is 10.1. The van der Waals surface area contributed by atoms with Gasteiger partial charge in [-0.1, -0.05) is 39.0 Å². The van der Waals surface area contributed by atoms with Crippen LogP contribution in [0.25, 0.3) is 32.8 Å². The van der Waals surface area contributed by atoms with E-state index in [0.29, 0.717) is 36.4 Å². The van der Waals surface area contributed by atoms with E-state index in [1.165, 1.54) is 0 Å². The molecule has 1 aromatic heterocycles. The van der Waals surface area contributed by atoms with Crippen LogP contribution >= 0.6 is 0 Å². The standard InChI is InChI=1S/C29H38N4O3Si/c1-29(2,3)37(6,7)36-19-18-35-25-13-9-10-21-20(25)14-15-24-26(21)32-27-22(11-8-12-23(27)31-24)28(34)30-16-17-33(4)5/h8-15H,16-19H2,1-7H3,(H,30,34). The number of hydrogen-bond donors (Lipinski definition) is 1. The van der Waals surface area contributed by atoms with Crippen LogP contribution in [0.5, 0.6) is 5.75 Å². The zero-order valence-corrected chi connectivity index (χ0v) is 24.0. The highest BCUT2D eigenvalue weighted by Gasteiger charge is 2.36. The molecular weight excluding hydrogens is 480 g/mol. The fourth-order valence-corrected chi connectivity index (χ4v) is 4.98. The Labute approximate surface area is 220 Å². The summed E-state index contributed by atoms with van der Waals surface area (Å²) >= 11 is 0. The van der Waals surface area contributed by atoms with E-state index in [1.807, 2.05) is 61.5 Å². The number of ether oxygens (including phenoxy) is 1. The van der Waals surface area contributed by atoms with Crippen LogP contribution in [0.4, 0.5) is 0 Å². The monoisotopic (exact) mass is 518 g/mol. The van der Waals surface area contributed by atoms with E-state index in [1.54, 1.807) is 6.07 Å². The van der Waals surface area contributed by atoms with Gasteiger partial charge in [0.15, 0.2) is 8.32 Å². The summed E-state index contributed by atoms with van der Waals surface area (Å²) in [6.07, 6.45) is 0. The molecule has 3 aromatic carbocycles. The SMILES string of the molecule is CN(C)CCNC(=O)c1cccc2nc3ccc4c(OCCO[Si](C)(C)C(C)(C)C)cccc4c3nc12. The van der Waals surface area contributed by atoms with Crippen molar-refractivity contribution in [2.24, 2.45) is 0 Å². The maximum absolute atomic E-state index is 12.9. The third-order valence-corrected chi connectivity index (χ3v) is 11.7. The van der Waals surface area contributed by atoms with Gasteiger partial charge in [0.2, 0.25) is 0 Å². The second kappa shape index (κ2) is 10.7. The number of fused-ring (bicyclic) bond motifs is 4. The van der Waals surface area contributed by atoms with Gasteiger partial charge in [-0.2, -0.15) is 0 Å². The Kier molecular flexibility index (Phi) is 7.82. The van der Waals surface area contributed by atoms with Crippen molar-refractivity contribution < 1.29 is 14.0 Å². The van der Waals surface area contributed by atoms with Crippen molar-refractivity contribution in [3.63, 3.8) is 0 Å². The maximum Gasteiger partial charge on any atom is 0.253 e. The number of rotatable bonds is 9. The molecule has 0 fully saturated rings. The van der Waals surface area contributed by atoms with Crippen LogP contribution < -0.4 is 10.1 Å². The van der Waals surface area contributed by atoms with Crippen molar-refractivity contribution >= 4 is 47.1 Å². The summed E-state index contributed by atoms with van der Waals surface area (Å²) in [7, 11) is 2.14. The summed E-state index contributed by atoms with van der Waals surface area (Å²) < 4.78 is 12.4. The first-order valence-electron chi connectivity index (χ1n) is 12.8. The highest BCUT2D eigenvalue weighted by Crippen LogP contribution is 2.36. The molecule has 37 heavy (non-hydrogen) atoms.